The molecule has 146 valence electrons. The molecule has 0 saturated heterocycles. The van der Waals surface area contributed by atoms with Crippen molar-refractivity contribution in [2.75, 3.05) is 13.1 Å². The number of aryl methyl sites for hydroxylation is 1. The highest BCUT2D eigenvalue weighted by Crippen LogP contribution is 2.47. The quantitative estimate of drug-likeness (QED) is 0.509. The van der Waals surface area contributed by atoms with E-state index in [1.165, 1.54) is 6.07 Å². The molecule has 0 radical (unpaired) electrons. The Morgan fingerprint density at radius 2 is 2.00 bits per heavy atom. The van der Waals surface area contributed by atoms with Crippen LogP contribution in [0.3, 0.4) is 0 Å². The first-order valence-electron chi connectivity index (χ1n) is 9.80. The summed E-state index contributed by atoms with van der Waals surface area (Å²) in [4.78, 5) is 9.40. The molecule has 3 aromatic rings. The third-order valence-corrected chi connectivity index (χ3v) is 5.49. The Morgan fingerprint density at radius 3 is 2.71 bits per heavy atom. The lowest BCUT2D eigenvalue weighted by Gasteiger charge is -2.19. The smallest absolute Gasteiger partial charge is 0.191 e. The number of rotatable bonds is 6. The summed E-state index contributed by atoms with van der Waals surface area (Å²) in [5.74, 6) is 1.51. The number of para-hydroxylation sites is 2. The molecular weight excluding hydrogens is 353 g/mol. The number of hydrogen-bond acceptors (Lipinski definition) is 2. The van der Waals surface area contributed by atoms with Gasteiger partial charge in [0.05, 0.1) is 11.0 Å². The standard InChI is InChI=1S/C22H26FN5/c1-3-24-21(25-14-20-27-18-9-4-5-10-19(18)28(20)2)26-15-22(11-12-22)16-7-6-8-17(23)13-16/h4-10,13H,3,11-12,14-15H2,1-2H3,(H2,24,25,26). The van der Waals surface area contributed by atoms with Crippen LogP contribution in [0.25, 0.3) is 11.0 Å². The van der Waals surface area contributed by atoms with Gasteiger partial charge in [-0.3, -0.25) is 0 Å². The third-order valence-electron chi connectivity index (χ3n) is 5.49. The van der Waals surface area contributed by atoms with Gasteiger partial charge in [0.2, 0.25) is 0 Å². The lowest BCUT2D eigenvalue weighted by atomic mass is 9.96. The number of halogens is 1. The van der Waals surface area contributed by atoms with Gasteiger partial charge in [0.1, 0.15) is 18.2 Å². The molecule has 5 nitrogen and oxygen atoms in total. The highest BCUT2D eigenvalue weighted by atomic mass is 19.1. The summed E-state index contributed by atoms with van der Waals surface area (Å²) in [7, 11) is 2.02. The molecule has 2 aromatic carbocycles. The Balaban J connectivity index is 1.47. The Hall–Kier alpha value is -2.89. The fraction of sp³-hybridized carbons (Fsp3) is 0.364. The zero-order chi connectivity index (χ0) is 19.6. The molecule has 1 saturated carbocycles. The summed E-state index contributed by atoms with van der Waals surface area (Å²) in [6.07, 6.45) is 2.13. The predicted octanol–water partition coefficient (Wildman–Crippen LogP) is 3.50. The molecule has 6 heteroatoms. The largest absolute Gasteiger partial charge is 0.357 e. The average Bonchev–Trinajstić information content (AvgIpc) is 3.43. The van der Waals surface area contributed by atoms with Crippen LogP contribution in [-0.4, -0.2) is 28.6 Å². The minimum Gasteiger partial charge on any atom is -0.357 e. The van der Waals surface area contributed by atoms with Crippen LogP contribution in [-0.2, 0) is 19.0 Å². The number of guanidine groups is 1. The normalized spacial score (nSPS) is 15.6. The SMILES string of the molecule is CCNC(=NCc1nc2ccccc2n1C)NCC1(c2cccc(F)c2)CC1. The highest BCUT2D eigenvalue weighted by molar-refractivity contribution is 5.80. The Kier molecular flexibility index (Phi) is 5.03. The highest BCUT2D eigenvalue weighted by Gasteiger charge is 2.44. The number of aromatic nitrogens is 2. The van der Waals surface area contributed by atoms with Crippen molar-refractivity contribution in [1.82, 2.24) is 20.2 Å². The molecule has 0 unspecified atom stereocenters. The van der Waals surface area contributed by atoms with Crippen molar-refractivity contribution < 1.29 is 4.39 Å². The van der Waals surface area contributed by atoms with E-state index in [0.29, 0.717) is 6.54 Å². The van der Waals surface area contributed by atoms with E-state index < -0.39 is 0 Å². The van der Waals surface area contributed by atoms with Gasteiger partial charge in [-0.1, -0.05) is 24.3 Å². The second-order valence-corrected chi connectivity index (χ2v) is 7.42. The molecule has 1 heterocycles. The van der Waals surface area contributed by atoms with Crippen molar-refractivity contribution in [2.45, 2.75) is 31.7 Å². The Labute approximate surface area is 164 Å². The molecule has 2 N–H and O–H groups in total. The number of imidazole rings is 1. The molecule has 1 fully saturated rings. The Bertz CT molecular complexity index is 1000. The number of nitrogens with one attached hydrogen (secondary N) is 2. The van der Waals surface area contributed by atoms with Gasteiger partial charge in [-0.05, 0) is 49.6 Å². The minimum absolute atomic E-state index is 0.0101. The van der Waals surface area contributed by atoms with Crippen LogP contribution in [0.5, 0.6) is 0 Å². The third kappa shape index (κ3) is 3.72. The summed E-state index contributed by atoms with van der Waals surface area (Å²) >= 11 is 0. The van der Waals surface area contributed by atoms with Crippen molar-refractivity contribution in [3.63, 3.8) is 0 Å². The van der Waals surface area contributed by atoms with Crippen LogP contribution in [0.2, 0.25) is 0 Å². The van der Waals surface area contributed by atoms with E-state index in [-0.39, 0.29) is 11.2 Å². The molecule has 0 atom stereocenters. The van der Waals surface area contributed by atoms with Crippen LogP contribution >= 0.6 is 0 Å². The van der Waals surface area contributed by atoms with Gasteiger partial charge >= 0.3 is 0 Å². The van der Waals surface area contributed by atoms with Gasteiger partial charge in [0, 0.05) is 25.6 Å². The van der Waals surface area contributed by atoms with Crippen LogP contribution < -0.4 is 10.6 Å². The van der Waals surface area contributed by atoms with Crippen LogP contribution in [0.4, 0.5) is 4.39 Å². The van der Waals surface area contributed by atoms with Crippen molar-refractivity contribution >= 4 is 17.0 Å². The lowest BCUT2D eigenvalue weighted by molar-refractivity contribution is 0.607. The van der Waals surface area contributed by atoms with Gasteiger partial charge in [-0.25, -0.2) is 14.4 Å². The van der Waals surface area contributed by atoms with Gasteiger partial charge in [-0.2, -0.15) is 0 Å². The maximum absolute atomic E-state index is 13.6. The minimum atomic E-state index is -0.175. The fourth-order valence-electron chi connectivity index (χ4n) is 3.62. The first-order chi connectivity index (χ1) is 13.6. The van der Waals surface area contributed by atoms with E-state index in [1.807, 2.05) is 38.2 Å². The zero-order valence-corrected chi connectivity index (χ0v) is 16.4. The van der Waals surface area contributed by atoms with E-state index in [9.17, 15) is 4.39 Å². The maximum Gasteiger partial charge on any atom is 0.191 e. The molecule has 0 aliphatic heterocycles. The van der Waals surface area contributed by atoms with Crippen molar-refractivity contribution in [3.05, 3.63) is 65.7 Å². The summed E-state index contributed by atoms with van der Waals surface area (Å²) < 4.78 is 15.7. The average molecular weight is 379 g/mol. The van der Waals surface area contributed by atoms with Crippen LogP contribution in [0, 0.1) is 5.82 Å². The van der Waals surface area contributed by atoms with E-state index in [4.69, 9.17) is 4.99 Å². The molecule has 0 amide bonds. The predicted molar refractivity (Wildman–Crippen MR) is 111 cm³/mol. The Morgan fingerprint density at radius 1 is 1.18 bits per heavy atom. The van der Waals surface area contributed by atoms with Crippen LogP contribution in [0.15, 0.2) is 53.5 Å². The molecule has 1 aliphatic carbocycles. The van der Waals surface area contributed by atoms with E-state index >= 15 is 0 Å². The molecule has 0 bridgehead atoms. The lowest BCUT2D eigenvalue weighted by Crippen LogP contribution is -2.41. The summed E-state index contributed by atoms with van der Waals surface area (Å²) in [5.41, 5.74) is 3.16. The van der Waals surface area contributed by atoms with Gasteiger partial charge in [0.15, 0.2) is 5.96 Å². The molecular formula is C22H26FN5. The molecule has 0 spiro atoms. The number of fused-ring (bicyclic) bond motifs is 1. The number of benzene rings is 2. The first-order valence-corrected chi connectivity index (χ1v) is 9.80. The fourth-order valence-corrected chi connectivity index (χ4v) is 3.62. The number of aliphatic imine (C=N–C) groups is 1. The molecule has 4 rings (SSSR count). The van der Waals surface area contributed by atoms with E-state index in [2.05, 4.69) is 26.3 Å². The molecule has 1 aliphatic rings. The first kappa shape index (κ1) is 18.5. The topological polar surface area (TPSA) is 54.2 Å². The maximum atomic E-state index is 13.6. The summed E-state index contributed by atoms with van der Waals surface area (Å²) in [6, 6.07) is 15.0. The van der Waals surface area contributed by atoms with Crippen molar-refractivity contribution in [3.8, 4) is 0 Å². The van der Waals surface area contributed by atoms with Gasteiger partial charge < -0.3 is 15.2 Å². The van der Waals surface area contributed by atoms with Gasteiger partial charge in [0.25, 0.3) is 0 Å². The second kappa shape index (κ2) is 7.62. The second-order valence-electron chi connectivity index (χ2n) is 7.42. The number of hydrogen-bond donors (Lipinski definition) is 2. The number of nitrogens with zero attached hydrogens (tertiary/aromatic N) is 3. The molecule has 1 aromatic heterocycles. The van der Waals surface area contributed by atoms with Crippen molar-refractivity contribution in [1.29, 1.82) is 0 Å². The molecule has 28 heavy (non-hydrogen) atoms. The summed E-state index contributed by atoms with van der Waals surface area (Å²) in [5, 5.41) is 6.74. The summed E-state index contributed by atoms with van der Waals surface area (Å²) in [6.45, 7) is 4.06. The van der Waals surface area contributed by atoms with E-state index in [1.54, 1.807) is 12.1 Å². The van der Waals surface area contributed by atoms with Gasteiger partial charge in [-0.15, -0.1) is 0 Å². The van der Waals surface area contributed by atoms with Crippen LogP contribution in [0.1, 0.15) is 31.2 Å². The van der Waals surface area contributed by atoms with E-state index in [0.717, 1.165) is 54.3 Å². The zero-order valence-electron chi connectivity index (χ0n) is 16.4. The van der Waals surface area contributed by atoms with Crippen molar-refractivity contribution in [2.24, 2.45) is 12.0 Å². The monoisotopic (exact) mass is 379 g/mol.